The number of nitrogens with zero attached hydrogens (tertiary/aromatic N) is 1. The molecule has 2 atom stereocenters. The van der Waals surface area contributed by atoms with Gasteiger partial charge in [0.2, 0.25) is 5.91 Å². The number of methoxy groups -OCH3 is 1. The van der Waals surface area contributed by atoms with Gasteiger partial charge in [-0.25, -0.2) is 0 Å². The lowest BCUT2D eigenvalue weighted by atomic mass is 10.0. The van der Waals surface area contributed by atoms with E-state index >= 15 is 0 Å². The quantitative estimate of drug-likeness (QED) is 0.684. The molecule has 0 aromatic heterocycles. The van der Waals surface area contributed by atoms with E-state index in [0.717, 1.165) is 39.3 Å². The van der Waals surface area contributed by atoms with Crippen LogP contribution >= 0.6 is 0 Å². The first-order valence-corrected chi connectivity index (χ1v) is 8.57. The summed E-state index contributed by atoms with van der Waals surface area (Å²) in [5.41, 5.74) is 6.83. The number of ether oxygens (including phenoxy) is 2. The van der Waals surface area contributed by atoms with Gasteiger partial charge in [-0.15, -0.1) is 0 Å². The fourth-order valence-electron chi connectivity index (χ4n) is 2.91. The van der Waals surface area contributed by atoms with Gasteiger partial charge in [-0.05, 0) is 12.0 Å². The van der Waals surface area contributed by atoms with Crippen LogP contribution in [0.2, 0.25) is 0 Å². The lowest BCUT2D eigenvalue weighted by molar-refractivity contribution is -0.124. The van der Waals surface area contributed by atoms with Gasteiger partial charge in [0.15, 0.2) is 0 Å². The Hall–Kier alpha value is -1.47. The highest BCUT2D eigenvalue weighted by Crippen LogP contribution is 2.07. The molecule has 1 aliphatic rings. The Morgan fingerprint density at radius 1 is 1.33 bits per heavy atom. The molecule has 1 heterocycles. The van der Waals surface area contributed by atoms with Crippen LogP contribution in [0.4, 0.5) is 0 Å². The van der Waals surface area contributed by atoms with Crippen molar-refractivity contribution in [3.05, 3.63) is 35.9 Å². The molecule has 1 aliphatic heterocycles. The van der Waals surface area contributed by atoms with Crippen LogP contribution in [0.5, 0.6) is 0 Å². The van der Waals surface area contributed by atoms with Crippen molar-refractivity contribution < 1.29 is 14.3 Å². The van der Waals surface area contributed by atoms with Crippen LogP contribution in [-0.2, 0) is 20.7 Å². The van der Waals surface area contributed by atoms with E-state index in [1.54, 1.807) is 7.11 Å². The zero-order chi connectivity index (χ0) is 17.2. The monoisotopic (exact) mass is 335 g/mol. The number of hydrogen-bond donors (Lipinski definition) is 2. The third-order valence-corrected chi connectivity index (χ3v) is 4.28. The summed E-state index contributed by atoms with van der Waals surface area (Å²) in [4.78, 5) is 14.7. The molecular weight excluding hydrogens is 306 g/mol. The van der Waals surface area contributed by atoms with Crippen molar-refractivity contribution in [1.82, 2.24) is 10.2 Å². The highest BCUT2D eigenvalue weighted by Gasteiger charge is 2.20. The van der Waals surface area contributed by atoms with Crippen molar-refractivity contribution in [3.8, 4) is 0 Å². The van der Waals surface area contributed by atoms with E-state index in [2.05, 4.69) is 22.3 Å². The van der Waals surface area contributed by atoms with E-state index in [9.17, 15) is 4.79 Å². The van der Waals surface area contributed by atoms with Gasteiger partial charge in [-0.3, -0.25) is 9.69 Å². The van der Waals surface area contributed by atoms with Gasteiger partial charge in [0.25, 0.3) is 0 Å². The number of hydrogen-bond acceptors (Lipinski definition) is 5. The summed E-state index contributed by atoms with van der Waals surface area (Å²) >= 11 is 0. The molecule has 134 valence electrons. The van der Waals surface area contributed by atoms with Gasteiger partial charge in [0, 0.05) is 39.3 Å². The van der Waals surface area contributed by atoms with E-state index < -0.39 is 0 Å². The third kappa shape index (κ3) is 6.57. The number of benzene rings is 1. The highest BCUT2D eigenvalue weighted by atomic mass is 16.5. The van der Waals surface area contributed by atoms with Crippen molar-refractivity contribution >= 4 is 5.91 Å². The molecule has 1 amide bonds. The first kappa shape index (κ1) is 18.9. The summed E-state index contributed by atoms with van der Waals surface area (Å²) in [6.07, 6.45) is 0.872. The molecule has 1 aromatic rings. The minimum atomic E-state index is -0.231. The van der Waals surface area contributed by atoms with Gasteiger partial charge in [0.1, 0.15) is 0 Å². The topological polar surface area (TPSA) is 76.8 Å². The zero-order valence-corrected chi connectivity index (χ0v) is 14.4. The van der Waals surface area contributed by atoms with Crippen molar-refractivity contribution in [2.24, 2.45) is 5.73 Å². The second-order valence-corrected chi connectivity index (χ2v) is 6.16. The minimum absolute atomic E-state index is 0.0125. The Balaban J connectivity index is 1.94. The number of morpholine rings is 1. The van der Waals surface area contributed by atoms with Crippen LogP contribution in [-0.4, -0.2) is 69.5 Å². The van der Waals surface area contributed by atoms with Crippen molar-refractivity contribution in [1.29, 1.82) is 0 Å². The average Bonchev–Trinajstić information content (AvgIpc) is 2.61. The summed E-state index contributed by atoms with van der Waals surface area (Å²) in [5, 5.41) is 3.15. The predicted octanol–water partition coefficient (Wildman–Crippen LogP) is 0.410. The molecular formula is C18H29N3O3. The minimum Gasteiger partial charge on any atom is -0.380 e. The number of rotatable bonds is 9. The molecule has 1 aromatic carbocycles. The maximum atomic E-state index is 12.3. The maximum absolute atomic E-state index is 12.3. The van der Waals surface area contributed by atoms with E-state index in [4.69, 9.17) is 15.2 Å². The molecule has 3 N–H and O–H groups in total. The SMILES string of the molecule is COC(CN)CC(=O)NC(Cc1ccccc1)CN1CCOCC1. The summed E-state index contributed by atoms with van der Waals surface area (Å²) in [6.45, 7) is 4.49. The molecule has 2 unspecified atom stereocenters. The second-order valence-electron chi connectivity index (χ2n) is 6.16. The molecule has 0 bridgehead atoms. The van der Waals surface area contributed by atoms with Gasteiger partial charge in [0.05, 0.1) is 25.7 Å². The van der Waals surface area contributed by atoms with Crippen LogP contribution in [0.3, 0.4) is 0 Å². The lowest BCUT2D eigenvalue weighted by Crippen LogP contribution is -2.49. The Bertz CT molecular complexity index is 474. The molecule has 6 nitrogen and oxygen atoms in total. The average molecular weight is 335 g/mol. The Kier molecular flexibility index (Phi) is 8.18. The summed E-state index contributed by atoms with van der Waals surface area (Å²) in [5.74, 6) is -0.0125. The lowest BCUT2D eigenvalue weighted by Gasteiger charge is -2.31. The summed E-state index contributed by atoms with van der Waals surface area (Å²) < 4.78 is 10.6. The smallest absolute Gasteiger partial charge is 0.222 e. The molecule has 0 aliphatic carbocycles. The molecule has 24 heavy (non-hydrogen) atoms. The fraction of sp³-hybridized carbons (Fsp3) is 0.611. The standard InChI is InChI=1S/C18H29N3O3/c1-23-17(13-19)12-18(22)20-16(11-15-5-3-2-4-6-15)14-21-7-9-24-10-8-21/h2-6,16-17H,7-14,19H2,1H3,(H,20,22). The van der Waals surface area contributed by atoms with E-state index in [1.165, 1.54) is 5.56 Å². The number of carbonyl (C=O) groups excluding carboxylic acids is 1. The molecule has 0 spiro atoms. The van der Waals surface area contributed by atoms with Gasteiger partial charge >= 0.3 is 0 Å². The number of carbonyl (C=O) groups is 1. The molecule has 6 heteroatoms. The summed E-state index contributed by atoms with van der Waals surface area (Å²) in [7, 11) is 1.58. The Labute approximate surface area is 144 Å². The summed E-state index contributed by atoms with van der Waals surface area (Å²) in [6, 6.07) is 10.3. The van der Waals surface area contributed by atoms with Gasteiger partial charge in [-0.2, -0.15) is 0 Å². The number of nitrogens with one attached hydrogen (secondary N) is 1. The van der Waals surface area contributed by atoms with E-state index in [0.29, 0.717) is 13.0 Å². The van der Waals surface area contributed by atoms with Gasteiger partial charge in [-0.1, -0.05) is 30.3 Å². The Morgan fingerprint density at radius 3 is 2.67 bits per heavy atom. The third-order valence-electron chi connectivity index (χ3n) is 4.28. The number of amides is 1. The normalized spacial score (nSPS) is 18.1. The van der Waals surface area contributed by atoms with Crippen LogP contribution < -0.4 is 11.1 Å². The fourth-order valence-corrected chi connectivity index (χ4v) is 2.91. The molecule has 0 radical (unpaired) electrons. The molecule has 2 rings (SSSR count). The van der Waals surface area contributed by atoms with Gasteiger partial charge < -0.3 is 20.5 Å². The van der Waals surface area contributed by atoms with Crippen molar-refractivity contribution in [2.45, 2.75) is 25.0 Å². The first-order valence-electron chi connectivity index (χ1n) is 8.57. The Morgan fingerprint density at radius 2 is 2.04 bits per heavy atom. The van der Waals surface area contributed by atoms with E-state index in [-0.39, 0.29) is 18.1 Å². The van der Waals surface area contributed by atoms with Crippen LogP contribution in [0.1, 0.15) is 12.0 Å². The maximum Gasteiger partial charge on any atom is 0.222 e. The highest BCUT2D eigenvalue weighted by molar-refractivity contribution is 5.76. The van der Waals surface area contributed by atoms with E-state index in [1.807, 2.05) is 18.2 Å². The molecule has 1 saturated heterocycles. The molecule has 1 fully saturated rings. The largest absolute Gasteiger partial charge is 0.380 e. The first-order chi connectivity index (χ1) is 11.7. The van der Waals surface area contributed by atoms with Crippen LogP contribution in [0.25, 0.3) is 0 Å². The molecule has 0 saturated carbocycles. The van der Waals surface area contributed by atoms with Crippen molar-refractivity contribution in [2.75, 3.05) is 46.5 Å². The predicted molar refractivity (Wildman–Crippen MR) is 93.8 cm³/mol. The van der Waals surface area contributed by atoms with Crippen LogP contribution in [0.15, 0.2) is 30.3 Å². The van der Waals surface area contributed by atoms with Crippen molar-refractivity contribution in [3.63, 3.8) is 0 Å². The zero-order valence-electron chi connectivity index (χ0n) is 14.4. The second kappa shape index (κ2) is 10.4. The number of nitrogens with two attached hydrogens (primary N) is 1. The van der Waals surface area contributed by atoms with Crippen LogP contribution in [0, 0.1) is 0 Å².